The molecule has 1 aliphatic heterocycles. The fourth-order valence-corrected chi connectivity index (χ4v) is 5.68. The van der Waals surface area contributed by atoms with Gasteiger partial charge in [-0.25, -0.2) is 4.39 Å². The molecule has 0 radical (unpaired) electrons. The van der Waals surface area contributed by atoms with E-state index < -0.39 is 5.82 Å². The van der Waals surface area contributed by atoms with Gasteiger partial charge in [-0.15, -0.1) is 0 Å². The number of nitrogens with zero attached hydrogens (tertiary/aromatic N) is 1. The Labute approximate surface area is 168 Å². The van der Waals surface area contributed by atoms with Crippen molar-refractivity contribution in [2.24, 2.45) is 16.5 Å². The number of nitrogens with one attached hydrogen (secondary N) is 1. The molecule has 0 spiro atoms. The van der Waals surface area contributed by atoms with Crippen LogP contribution in [0, 0.1) is 17.2 Å². The Morgan fingerprint density at radius 1 is 1.32 bits per heavy atom. The summed E-state index contributed by atoms with van der Waals surface area (Å²) in [5.41, 5.74) is 1.22. The SMILES string of the molecule is O=C(COc1ccc(Cl)c(F)c1)NC12CC(C3=NO[C@@H](C4CCCC4)C3)(C1)C2. The van der Waals surface area contributed by atoms with Gasteiger partial charge in [-0.1, -0.05) is 29.6 Å². The maximum absolute atomic E-state index is 13.4. The summed E-state index contributed by atoms with van der Waals surface area (Å²) in [4.78, 5) is 18.0. The van der Waals surface area contributed by atoms with Crippen molar-refractivity contribution >= 4 is 23.2 Å². The van der Waals surface area contributed by atoms with Gasteiger partial charge in [-0.2, -0.15) is 0 Å². The van der Waals surface area contributed by atoms with Crippen molar-refractivity contribution in [2.75, 3.05) is 6.61 Å². The van der Waals surface area contributed by atoms with Gasteiger partial charge in [0.05, 0.1) is 10.7 Å². The molecule has 4 fully saturated rings. The van der Waals surface area contributed by atoms with Gasteiger partial charge in [0.1, 0.15) is 17.7 Å². The van der Waals surface area contributed by atoms with E-state index in [2.05, 4.69) is 10.5 Å². The average molecular weight is 407 g/mol. The van der Waals surface area contributed by atoms with Crippen molar-refractivity contribution in [1.29, 1.82) is 0 Å². The molecule has 4 aliphatic carbocycles. The van der Waals surface area contributed by atoms with Gasteiger partial charge in [-0.3, -0.25) is 4.79 Å². The minimum Gasteiger partial charge on any atom is -0.484 e. The average Bonchev–Trinajstić information content (AvgIpc) is 3.29. The Kier molecular flexibility index (Phi) is 4.30. The molecule has 4 saturated carbocycles. The minimum atomic E-state index is -0.559. The van der Waals surface area contributed by atoms with Gasteiger partial charge >= 0.3 is 0 Å². The van der Waals surface area contributed by atoms with Crippen molar-refractivity contribution in [2.45, 2.75) is 63.0 Å². The summed E-state index contributed by atoms with van der Waals surface area (Å²) in [5.74, 6) is 0.215. The molecule has 1 amide bonds. The second kappa shape index (κ2) is 6.61. The van der Waals surface area contributed by atoms with Gasteiger partial charge < -0.3 is 14.9 Å². The lowest BCUT2D eigenvalue weighted by Crippen LogP contribution is -2.77. The molecule has 1 heterocycles. The molecule has 5 nitrogen and oxygen atoms in total. The number of halogens is 2. The van der Waals surface area contributed by atoms with Crippen LogP contribution in [-0.2, 0) is 9.63 Å². The van der Waals surface area contributed by atoms with Crippen LogP contribution in [0.25, 0.3) is 0 Å². The Balaban J connectivity index is 1.09. The summed E-state index contributed by atoms with van der Waals surface area (Å²) < 4.78 is 18.8. The molecular weight excluding hydrogens is 383 g/mol. The summed E-state index contributed by atoms with van der Waals surface area (Å²) in [7, 11) is 0. The largest absolute Gasteiger partial charge is 0.484 e. The van der Waals surface area contributed by atoms with E-state index in [1.165, 1.54) is 43.5 Å². The van der Waals surface area contributed by atoms with Crippen LogP contribution in [0.2, 0.25) is 5.02 Å². The van der Waals surface area contributed by atoms with Crippen molar-refractivity contribution in [3.05, 3.63) is 29.0 Å². The van der Waals surface area contributed by atoms with E-state index in [1.807, 2.05) is 0 Å². The predicted octanol–water partition coefficient (Wildman–Crippen LogP) is 4.23. The number of benzene rings is 1. The first kappa shape index (κ1) is 18.2. The van der Waals surface area contributed by atoms with E-state index in [0.717, 1.165) is 25.7 Å². The Hall–Kier alpha value is -1.82. The normalized spacial score (nSPS) is 33.5. The van der Waals surface area contributed by atoms with Crippen molar-refractivity contribution < 1.29 is 18.8 Å². The molecule has 1 atom stereocenters. The third-order valence-corrected chi connectivity index (χ3v) is 7.23. The van der Waals surface area contributed by atoms with Crippen LogP contribution >= 0.6 is 11.6 Å². The predicted molar refractivity (Wildman–Crippen MR) is 103 cm³/mol. The summed E-state index contributed by atoms with van der Waals surface area (Å²) in [6.07, 6.45) is 9.17. The summed E-state index contributed by atoms with van der Waals surface area (Å²) in [5, 5.41) is 7.55. The van der Waals surface area contributed by atoms with Gasteiger partial charge in [0.2, 0.25) is 0 Å². The topological polar surface area (TPSA) is 59.9 Å². The van der Waals surface area contributed by atoms with Gasteiger partial charge in [-0.05, 0) is 50.2 Å². The number of rotatable bonds is 6. The van der Waals surface area contributed by atoms with Crippen LogP contribution in [0.3, 0.4) is 0 Å². The second-order valence-electron chi connectivity index (χ2n) is 8.93. The molecular formula is C21H24ClFN2O3. The highest BCUT2D eigenvalue weighted by molar-refractivity contribution is 6.30. The molecule has 2 bridgehead atoms. The molecule has 5 aliphatic rings. The molecule has 1 N–H and O–H groups in total. The smallest absolute Gasteiger partial charge is 0.258 e. The van der Waals surface area contributed by atoms with Crippen LogP contribution < -0.4 is 10.1 Å². The number of oxime groups is 1. The lowest BCUT2D eigenvalue weighted by molar-refractivity contribution is -0.143. The van der Waals surface area contributed by atoms with E-state index in [4.69, 9.17) is 21.2 Å². The lowest BCUT2D eigenvalue weighted by atomic mass is 9.37. The maximum atomic E-state index is 13.4. The van der Waals surface area contributed by atoms with Crippen LogP contribution in [-0.4, -0.2) is 29.9 Å². The zero-order valence-electron chi connectivity index (χ0n) is 15.7. The number of carbonyl (C=O) groups excluding carboxylic acids is 1. The third-order valence-electron chi connectivity index (χ3n) is 6.93. The zero-order valence-corrected chi connectivity index (χ0v) is 16.4. The molecule has 6 rings (SSSR count). The molecule has 1 aromatic carbocycles. The van der Waals surface area contributed by atoms with E-state index in [-0.39, 0.29) is 34.6 Å². The standard InChI is InChI=1S/C21H24ClFN2O3/c22-15-6-5-14(7-16(15)23)27-9-19(26)24-21-10-20(11-21,12-21)18-8-17(28-25-18)13-3-1-2-4-13/h5-7,13,17H,1-4,8-12H2,(H,24,26)/t17-,20?,21?/m1/s1. The molecule has 1 aromatic rings. The fraction of sp³-hybridized carbons (Fsp3) is 0.619. The summed E-state index contributed by atoms with van der Waals surface area (Å²) in [6.45, 7) is -0.135. The van der Waals surface area contributed by atoms with Crippen molar-refractivity contribution in [1.82, 2.24) is 5.32 Å². The van der Waals surface area contributed by atoms with Crippen molar-refractivity contribution in [3.8, 4) is 5.75 Å². The lowest BCUT2D eigenvalue weighted by Gasteiger charge is -2.70. The number of amides is 1. The summed E-state index contributed by atoms with van der Waals surface area (Å²) >= 11 is 5.65. The van der Waals surface area contributed by atoms with E-state index in [1.54, 1.807) is 6.07 Å². The van der Waals surface area contributed by atoms with Crippen LogP contribution in [0.15, 0.2) is 23.4 Å². The van der Waals surface area contributed by atoms with Crippen LogP contribution in [0.1, 0.15) is 51.4 Å². The van der Waals surface area contributed by atoms with E-state index in [0.29, 0.717) is 11.7 Å². The molecule has 28 heavy (non-hydrogen) atoms. The monoisotopic (exact) mass is 406 g/mol. The molecule has 0 unspecified atom stereocenters. The minimum absolute atomic E-state index is 0.0324. The second-order valence-corrected chi connectivity index (χ2v) is 9.34. The number of hydrogen-bond donors (Lipinski definition) is 1. The Morgan fingerprint density at radius 2 is 2.07 bits per heavy atom. The van der Waals surface area contributed by atoms with Gasteiger partial charge in [0.15, 0.2) is 6.61 Å². The highest BCUT2D eigenvalue weighted by Gasteiger charge is 2.71. The molecule has 0 saturated heterocycles. The fourth-order valence-electron chi connectivity index (χ4n) is 5.57. The molecule has 7 heteroatoms. The van der Waals surface area contributed by atoms with Crippen LogP contribution in [0.5, 0.6) is 5.75 Å². The van der Waals surface area contributed by atoms with Gasteiger partial charge in [0.25, 0.3) is 5.91 Å². The van der Waals surface area contributed by atoms with Crippen LogP contribution in [0.4, 0.5) is 4.39 Å². The first-order valence-electron chi connectivity index (χ1n) is 10.1. The third kappa shape index (κ3) is 3.06. The maximum Gasteiger partial charge on any atom is 0.258 e. The Bertz CT molecular complexity index is 817. The molecule has 0 aromatic heterocycles. The highest BCUT2D eigenvalue weighted by atomic mass is 35.5. The quantitative estimate of drug-likeness (QED) is 0.769. The first-order chi connectivity index (χ1) is 13.5. The number of carbonyl (C=O) groups is 1. The number of hydrogen-bond acceptors (Lipinski definition) is 4. The van der Waals surface area contributed by atoms with E-state index in [9.17, 15) is 9.18 Å². The Morgan fingerprint density at radius 3 is 2.79 bits per heavy atom. The highest BCUT2D eigenvalue weighted by Crippen LogP contribution is 2.68. The number of ether oxygens (including phenoxy) is 1. The zero-order chi connectivity index (χ0) is 19.4. The van der Waals surface area contributed by atoms with Gasteiger partial charge in [0, 0.05) is 23.4 Å². The van der Waals surface area contributed by atoms with Crippen molar-refractivity contribution in [3.63, 3.8) is 0 Å². The molecule has 150 valence electrons. The first-order valence-corrected chi connectivity index (χ1v) is 10.5. The van der Waals surface area contributed by atoms with E-state index >= 15 is 0 Å². The summed E-state index contributed by atoms with van der Waals surface area (Å²) in [6, 6.07) is 4.15.